The van der Waals surface area contributed by atoms with Crippen LogP contribution in [-0.4, -0.2) is 11.1 Å². The number of carbonyl (C=O) groups excluding carboxylic acids is 1. The van der Waals surface area contributed by atoms with Crippen molar-refractivity contribution < 1.29 is 14.7 Å². The van der Waals surface area contributed by atoms with Crippen molar-refractivity contribution in [3.8, 4) is 5.75 Å². The Labute approximate surface area is 149 Å². The van der Waals surface area contributed by atoms with Gasteiger partial charge in [0, 0.05) is 12.0 Å². The summed E-state index contributed by atoms with van der Waals surface area (Å²) in [7, 11) is 0. The molecule has 0 atom stereocenters. The molecule has 4 heteroatoms. The van der Waals surface area contributed by atoms with Gasteiger partial charge in [-0.1, -0.05) is 30.7 Å². The first-order valence-electron chi connectivity index (χ1n) is 8.84. The van der Waals surface area contributed by atoms with Crippen molar-refractivity contribution >= 4 is 11.6 Å². The molecule has 1 amide bonds. The van der Waals surface area contributed by atoms with Crippen LogP contribution in [0.3, 0.4) is 0 Å². The highest BCUT2D eigenvalue weighted by Gasteiger charge is 2.25. The zero-order chi connectivity index (χ0) is 18.0. The lowest BCUT2D eigenvalue weighted by Crippen LogP contribution is -2.27. The lowest BCUT2D eigenvalue weighted by molar-refractivity contribution is -0.123. The van der Waals surface area contributed by atoms with Crippen LogP contribution in [0, 0.1) is 13.8 Å². The SMILES string of the molecule is CCC(=O)N(O)c1ccc(C2CC2)cc1COc1ccc(C)cc1C. The maximum Gasteiger partial charge on any atom is 0.250 e. The summed E-state index contributed by atoms with van der Waals surface area (Å²) in [5.41, 5.74) is 4.84. The molecule has 0 unspecified atom stereocenters. The van der Waals surface area contributed by atoms with Gasteiger partial charge in [0.1, 0.15) is 12.4 Å². The van der Waals surface area contributed by atoms with Gasteiger partial charge in [0.2, 0.25) is 5.91 Å². The summed E-state index contributed by atoms with van der Waals surface area (Å²) < 4.78 is 5.99. The Balaban J connectivity index is 1.86. The first kappa shape index (κ1) is 17.5. The van der Waals surface area contributed by atoms with E-state index in [0.29, 0.717) is 18.2 Å². The molecule has 3 rings (SSSR count). The van der Waals surface area contributed by atoms with Crippen LogP contribution < -0.4 is 9.80 Å². The predicted molar refractivity (Wildman–Crippen MR) is 98.2 cm³/mol. The summed E-state index contributed by atoms with van der Waals surface area (Å²) in [6.07, 6.45) is 2.65. The first-order valence-corrected chi connectivity index (χ1v) is 8.84. The van der Waals surface area contributed by atoms with Crippen LogP contribution in [0.15, 0.2) is 36.4 Å². The number of aryl methyl sites for hydroxylation is 2. The third kappa shape index (κ3) is 4.02. The van der Waals surface area contributed by atoms with E-state index >= 15 is 0 Å². The van der Waals surface area contributed by atoms with E-state index in [1.165, 1.54) is 24.0 Å². The van der Waals surface area contributed by atoms with Crippen LogP contribution in [0.1, 0.15) is 54.4 Å². The minimum atomic E-state index is -0.327. The number of rotatable bonds is 6. The van der Waals surface area contributed by atoms with Crippen LogP contribution >= 0.6 is 0 Å². The number of amides is 1. The lowest BCUT2D eigenvalue weighted by atomic mass is 10.0. The number of benzene rings is 2. The van der Waals surface area contributed by atoms with Gasteiger partial charge in [0.05, 0.1) is 5.69 Å². The van der Waals surface area contributed by atoms with Crippen molar-refractivity contribution in [2.45, 2.75) is 52.6 Å². The van der Waals surface area contributed by atoms with Crippen LogP contribution in [0.2, 0.25) is 0 Å². The molecule has 1 N–H and O–H groups in total. The average Bonchev–Trinajstić information content (AvgIpc) is 3.44. The second-order valence-electron chi connectivity index (χ2n) is 6.78. The highest BCUT2D eigenvalue weighted by molar-refractivity contribution is 5.91. The Bertz CT molecular complexity index is 781. The number of hydroxylamine groups is 1. The molecule has 0 spiro atoms. The normalized spacial score (nSPS) is 13.6. The average molecular weight is 339 g/mol. The number of ether oxygens (including phenoxy) is 1. The molecule has 0 aromatic heterocycles. The molecule has 2 aromatic rings. The topological polar surface area (TPSA) is 49.8 Å². The molecule has 0 radical (unpaired) electrons. The number of hydrogen-bond donors (Lipinski definition) is 1. The van der Waals surface area contributed by atoms with Gasteiger partial charge in [-0.15, -0.1) is 0 Å². The standard InChI is InChI=1S/C21H25NO3/c1-4-21(23)22(24)19-9-8-17(16-6-7-16)12-18(19)13-25-20-10-5-14(2)11-15(20)3/h5,8-12,16,24H,4,6-7,13H2,1-3H3. The highest BCUT2D eigenvalue weighted by atomic mass is 16.5. The summed E-state index contributed by atoms with van der Waals surface area (Å²) in [5, 5.41) is 11.0. The van der Waals surface area contributed by atoms with Gasteiger partial charge in [-0.3, -0.25) is 10.0 Å². The van der Waals surface area contributed by atoms with E-state index in [9.17, 15) is 10.0 Å². The van der Waals surface area contributed by atoms with Gasteiger partial charge in [-0.25, -0.2) is 0 Å². The maximum atomic E-state index is 11.9. The fourth-order valence-electron chi connectivity index (χ4n) is 3.00. The molecule has 1 aliphatic carbocycles. The van der Waals surface area contributed by atoms with Crippen LogP contribution in [0.25, 0.3) is 0 Å². The molecule has 1 fully saturated rings. The Morgan fingerprint density at radius 3 is 2.60 bits per heavy atom. The van der Waals surface area contributed by atoms with Crippen LogP contribution in [0.4, 0.5) is 5.69 Å². The van der Waals surface area contributed by atoms with E-state index < -0.39 is 0 Å². The molecule has 0 aliphatic heterocycles. The Morgan fingerprint density at radius 1 is 1.20 bits per heavy atom. The third-order valence-corrected chi connectivity index (χ3v) is 4.63. The van der Waals surface area contributed by atoms with Gasteiger partial charge in [0.25, 0.3) is 0 Å². The number of nitrogens with zero attached hydrogens (tertiary/aromatic N) is 1. The van der Waals surface area contributed by atoms with Crippen molar-refractivity contribution in [1.29, 1.82) is 0 Å². The summed E-state index contributed by atoms with van der Waals surface area (Å²) in [4.78, 5) is 11.9. The van der Waals surface area contributed by atoms with Gasteiger partial charge in [-0.2, -0.15) is 5.06 Å². The van der Waals surface area contributed by atoms with Crippen molar-refractivity contribution in [3.05, 3.63) is 58.7 Å². The second kappa shape index (κ2) is 7.28. The fourth-order valence-corrected chi connectivity index (χ4v) is 3.00. The number of hydrogen-bond acceptors (Lipinski definition) is 3. The van der Waals surface area contributed by atoms with Crippen LogP contribution in [-0.2, 0) is 11.4 Å². The fraction of sp³-hybridized carbons (Fsp3) is 0.381. The zero-order valence-electron chi connectivity index (χ0n) is 15.1. The van der Waals surface area contributed by atoms with E-state index in [4.69, 9.17) is 4.74 Å². The van der Waals surface area contributed by atoms with Crippen molar-refractivity contribution in [2.24, 2.45) is 0 Å². The molecule has 4 nitrogen and oxygen atoms in total. The maximum absolute atomic E-state index is 11.9. The summed E-state index contributed by atoms with van der Waals surface area (Å²) in [5.74, 6) is 1.09. The molecule has 132 valence electrons. The molecule has 1 saturated carbocycles. The van der Waals surface area contributed by atoms with Gasteiger partial charge < -0.3 is 4.74 Å². The lowest BCUT2D eigenvalue weighted by Gasteiger charge is -2.20. The Morgan fingerprint density at radius 2 is 1.96 bits per heavy atom. The van der Waals surface area contributed by atoms with Crippen molar-refractivity contribution in [2.75, 3.05) is 5.06 Å². The summed E-state index contributed by atoms with van der Waals surface area (Å²) in [6.45, 7) is 6.11. The second-order valence-corrected chi connectivity index (χ2v) is 6.78. The summed E-state index contributed by atoms with van der Waals surface area (Å²) >= 11 is 0. The van der Waals surface area contributed by atoms with Gasteiger partial charge >= 0.3 is 0 Å². The third-order valence-electron chi connectivity index (χ3n) is 4.63. The van der Waals surface area contributed by atoms with E-state index in [1.54, 1.807) is 6.92 Å². The smallest absolute Gasteiger partial charge is 0.250 e. The minimum absolute atomic E-state index is 0.248. The summed E-state index contributed by atoms with van der Waals surface area (Å²) in [6, 6.07) is 11.9. The van der Waals surface area contributed by atoms with Gasteiger partial charge in [0.15, 0.2) is 0 Å². The molecular formula is C21H25NO3. The highest BCUT2D eigenvalue weighted by Crippen LogP contribution is 2.41. The first-order chi connectivity index (χ1) is 12.0. The molecular weight excluding hydrogens is 314 g/mol. The zero-order valence-corrected chi connectivity index (χ0v) is 15.1. The largest absolute Gasteiger partial charge is 0.489 e. The molecule has 0 bridgehead atoms. The van der Waals surface area contributed by atoms with Crippen molar-refractivity contribution in [3.63, 3.8) is 0 Å². The van der Waals surface area contributed by atoms with Gasteiger partial charge in [-0.05, 0) is 61.9 Å². The van der Waals surface area contributed by atoms with E-state index in [0.717, 1.165) is 21.9 Å². The molecule has 0 heterocycles. The predicted octanol–water partition coefficient (Wildman–Crippen LogP) is 4.89. The molecule has 25 heavy (non-hydrogen) atoms. The van der Waals surface area contributed by atoms with E-state index in [1.807, 2.05) is 38.1 Å². The minimum Gasteiger partial charge on any atom is -0.489 e. The number of carbonyl (C=O) groups is 1. The Hall–Kier alpha value is -2.33. The number of anilines is 1. The van der Waals surface area contributed by atoms with Crippen molar-refractivity contribution in [1.82, 2.24) is 0 Å². The molecule has 0 saturated heterocycles. The quantitative estimate of drug-likeness (QED) is 0.602. The molecule has 1 aliphatic rings. The van der Waals surface area contributed by atoms with Crippen LogP contribution in [0.5, 0.6) is 5.75 Å². The van der Waals surface area contributed by atoms with E-state index in [2.05, 4.69) is 12.1 Å². The Kier molecular flexibility index (Phi) is 5.09. The monoisotopic (exact) mass is 339 g/mol. The van der Waals surface area contributed by atoms with E-state index in [-0.39, 0.29) is 12.3 Å². The molecule has 2 aromatic carbocycles.